The fraction of sp³-hybridized carbons (Fsp3) is 0.200. The van der Waals surface area contributed by atoms with Crippen LogP contribution in [0.4, 0.5) is 5.82 Å². The average Bonchev–Trinajstić information content (AvgIpc) is 2.73. The second-order valence-electron chi connectivity index (χ2n) is 6.30. The van der Waals surface area contributed by atoms with Crippen LogP contribution in [-0.2, 0) is 4.79 Å². The predicted molar refractivity (Wildman–Crippen MR) is 107 cm³/mol. The number of pyridine rings is 1. The van der Waals surface area contributed by atoms with E-state index in [0.717, 1.165) is 27.8 Å². The summed E-state index contributed by atoms with van der Waals surface area (Å²) in [6, 6.07) is 7.76. The van der Waals surface area contributed by atoms with E-state index in [1.165, 1.54) is 6.08 Å². The highest BCUT2D eigenvalue weighted by atomic mass is 35.5. The molecule has 0 saturated carbocycles. The van der Waals surface area contributed by atoms with E-state index in [1.54, 1.807) is 23.6 Å². The zero-order valence-electron chi connectivity index (χ0n) is 14.7. The van der Waals surface area contributed by atoms with Crippen LogP contribution in [-0.4, -0.2) is 51.9 Å². The summed E-state index contributed by atoms with van der Waals surface area (Å²) in [7, 11) is 0. The molecular formula is C20H18ClN5O. The minimum Gasteiger partial charge on any atom is -0.352 e. The third kappa shape index (κ3) is 3.36. The minimum absolute atomic E-state index is 0.0334. The Labute approximate surface area is 162 Å². The van der Waals surface area contributed by atoms with Crippen LogP contribution in [0.3, 0.4) is 0 Å². The summed E-state index contributed by atoms with van der Waals surface area (Å²) >= 11 is 6.50. The van der Waals surface area contributed by atoms with Gasteiger partial charge in [-0.2, -0.15) is 0 Å². The van der Waals surface area contributed by atoms with Gasteiger partial charge >= 0.3 is 0 Å². The Morgan fingerprint density at radius 2 is 1.85 bits per heavy atom. The number of fused-ring (bicyclic) bond motifs is 1. The SMILES string of the molecule is C=CC(=O)N1CCN(c2ncnc3cc(Cl)c(-c4ccncc4)cc23)CC1. The Bertz CT molecular complexity index is 1000. The number of rotatable bonds is 3. The summed E-state index contributed by atoms with van der Waals surface area (Å²) in [5, 5.41) is 1.58. The van der Waals surface area contributed by atoms with E-state index in [0.29, 0.717) is 31.2 Å². The van der Waals surface area contributed by atoms with Crippen LogP contribution in [0.15, 0.2) is 55.6 Å². The molecule has 1 aromatic carbocycles. The summed E-state index contributed by atoms with van der Waals surface area (Å²) in [5.74, 6) is 0.826. The first-order valence-electron chi connectivity index (χ1n) is 8.68. The lowest BCUT2D eigenvalue weighted by atomic mass is 10.0. The maximum atomic E-state index is 11.8. The number of piperazine rings is 1. The van der Waals surface area contributed by atoms with E-state index in [9.17, 15) is 4.79 Å². The molecule has 0 N–H and O–H groups in total. The van der Waals surface area contributed by atoms with Gasteiger partial charge in [0.1, 0.15) is 12.1 Å². The molecule has 0 bridgehead atoms. The topological polar surface area (TPSA) is 62.2 Å². The van der Waals surface area contributed by atoms with Crippen molar-refractivity contribution < 1.29 is 4.79 Å². The maximum Gasteiger partial charge on any atom is 0.246 e. The maximum absolute atomic E-state index is 11.8. The Balaban J connectivity index is 1.72. The summed E-state index contributed by atoms with van der Waals surface area (Å²) in [4.78, 5) is 28.7. The van der Waals surface area contributed by atoms with E-state index in [1.807, 2.05) is 24.3 Å². The summed E-state index contributed by atoms with van der Waals surface area (Å²) in [5.41, 5.74) is 2.71. The normalized spacial score (nSPS) is 14.4. The second kappa shape index (κ2) is 7.32. The van der Waals surface area contributed by atoms with E-state index in [-0.39, 0.29) is 5.91 Å². The molecule has 0 radical (unpaired) electrons. The average molecular weight is 380 g/mol. The van der Waals surface area contributed by atoms with E-state index in [2.05, 4.69) is 26.4 Å². The van der Waals surface area contributed by atoms with Crippen LogP contribution < -0.4 is 4.90 Å². The molecular weight excluding hydrogens is 362 g/mol. The number of aromatic nitrogens is 3. The van der Waals surface area contributed by atoms with Crippen LogP contribution in [0, 0.1) is 0 Å². The second-order valence-corrected chi connectivity index (χ2v) is 6.71. The van der Waals surface area contributed by atoms with Gasteiger partial charge in [0.2, 0.25) is 5.91 Å². The number of hydrogen-bond acceptors (Lipinski definition) is 5. The standard InChI is InChI=1S/C20H18ClN5O/c1-2-19(27)25-7-9-26(10-8-25)20-16-11-15(14-3-5-22-6-4-14)17(21)12-18(16)23-13-24-20/h2-6,11-13H,1,7-10H2. The summed E-state index contributed by atoms with van der Waals surface area (Å²) in [6.07, 6.45) is 6.41. The van der Waals surface area contributed by atoms with Crippen molar-refractivity contribution in [3.63, 3.8) is 0 Å². The minimum atomic E-state index is -0.0334. The highest BCUT2D eigenvalue weighted by molar-refractivity contribution is 6.34. The van der Waals surface area contributed by atoms with Gasteiger partial charge in [-0.05, 0) is 35.9 Å². The van der Waals surface area contributed by atoms with Gasteiger partial charge in [-0.3, -0.25) is 9.78 Å². The number of carbonyl (C=O) groups is 1. The Morgan fingerprint density at radius 3 is 2.56 bits per heavy atom. The molecule has 1 saturated heterocycles. The number of halogens is 1. The van der Waals surface area contributed by atoms with Crippen LogP contribution in [0.5, 0.6) is 0 Å². The largest absolute Gasteiger partial charge is 0.352 e. The number of anilines is 1. The van der Waals surface area contributed by atoms with Gasteiger partial charge in [0, 0.05) is 49.5 Å². The molecule has 7 heteroatoms. The molecule has 6 nitrogen and oxygen atoms in total. The van der Waals surface area contributed by atoms with Crippen molar-refractivity contribution >= 4 is 34.2 Å². The molecule has 1 amide bonds. The van der Waals surface area contributed by atoms with Gasteiger partial charge in [0.05, 0.1) is 10.5 Å². The molecule has 4 rings (SSSR count). The van der Waals surface area contributed by atoms with E-state index >= 15 is 0 Å². The smallest absolute Gasteiger partial charge is 0.246 e. The highest BCUT2D eigenvalue weighted by Gasteiger charge is 2.22. The zero-order valence-corrected chi connectivity index (χ0v) is 15.4. The van der Waals surface area contributed by atoms with Gasteiger partial charge in [-0.15, -0.1) is 0 Å². The van der Waals surface area contributed by atoms with E-state index in [4.69, 9.17) is 11.6 Å². The van der Waals surface area contributed by atoms with Crippen molar-refractivity contribution in [2.24, 2.45) is 0 Å². The number of nitrogens with zero attached hydrogens (tertiary/aromatic N) is 5. The molecule has 0 unspecified atom stereocenters. The molecule has 136 valence electrons. The molecule has 0 aliphatic carbocycles. The Morgan fingerprint density at radius 1 is 1.11 bits per heavy atom. The molecule has 1 aliphatic heterocycles. The highest BCUT2D eigenvalue weighted by Crippen LogP contribution is 2.34. The van der Waals surface area contributed by atoms with Crippen molar-refractivity contribution in [3.05, 3.63) is 60.7 Å². The van der Waals surface area contributed by atoms with Gasteiger partial charge < -0.3 is 9.80 Å². The van der Waals surface area contributed by atoms with Crippen molar-refractivity contribution in [1.29, 1.82) is 0 Å². The fourth-order valence-corrected chi connectivity index (χ4v) is 3.60. The molecule has 1 fully saturated rings. The summed E-state index contributed by atoms with van der Waals surface area (Å²) in [6.45, 7) is 6.25. The molecule has 2 aromatic heterocycles. The molecule has 0 spiro atoms. The number of hydrogen-bond donors (Lipinski definition) is 0. The number of amides is 1. The van der Waals surface area contributed by atoms with Crippen molar-refractivity contribution in [1.82, 2.24) is 19.9 Å². The number of carbonyl (C=O) groups excluding carboxylic acids is 1. The van der Waals surface area contributed by atoms with Crippen LogP contribution in [0.25, 0.3) is 22.0 Å². The first-order valence-corrected chi connectivity index (χ1v) is 9.06. The van der Waals surface area contributed by atoms with Crippen LogP contribution >= 0.6 is 11.6 Å². The lowest BCUT2D eigenvalue weighted by Crippen LogP contribution is -2.48. The monoisotopic (exact) mass is 379 g/mol. The molecule has 1 aliphatic rings. The van der Waals surface area contributed by atoms with Gasteiger partial charge in [0.25, 0.3) is 0 Å². The molecule has 3 heterocycles. The third-order valence-electron chi connectivity index (χ3n) is 4.76. The lowest BCUT2D eigenvalue weighted by Gasteiger charge is -2.35. The van der Waals surface area contributed by atoms with Crippen molar-refractivity contribution in [2.45, 2.75) is 0 Å². The summed E-state index contributed by atoms with van der Waals surface area (Å²) < 4.78 is 0. The lowest BCUT2D eigenvalue weighted by molar-refractivity contribution is -0.126. The third-order valence-corrected chi connectivity index (χ3v) is 5.07. The Hall–Kier alpha value is -2.99. The number of benzene rings is 1. The van der Waals surface area contributed by atoms with Crippen LogP contribution in [0.1, 0.15) is 0 Å². The van der Waals surface area contributed by atoms with Gasteiger partial charge in [-0.25, -0.2) is 9.97 Å². The zero-order chi connectivity index (χ0) is 18.8. The van der Waals surface area contributed by atoms with Gasteiger partial charge in [0.15, 0.2) is 0 Å². The predicted octanol–water partition coefficient (Wildman–Crippen LogP) is 3.18. The fourth-order valence-electron chi connectivity index (χ4n) is 3.34. The Kier molecular flexibility index (Phi) is 4.73. The van der Waals surface area contributed by atoms with Gasteiger partial charge in [-0.1, -0.05) is 18.2 Å². The first-order chi connectivity index (χ1) is 13.2. The van der Waals surface area contributed by atoms with Crippen molar-refractivity contribution in [3.8, 4) is 11.1 Å². The van der Waals surface area contributed by atoms with Crippen LogP contribution in [0.2, 0.25) is 5.02 Å². The van der Waals surface area contributed by atoms with E-state index < -0.39 is 0 Å². The first kappa shape index (κ1) is 17.4. The molecule has 27 heavy (non-hydrogen) atoms. The molecule has 3 aromatic rings. The van der Waals surface area contributed by atoms with Crippen molar-refractivity contribution in [2.75, 3.05) is 31.1 Å². The quantitative estimate of drug-likeness (QED) is 0.654. The molecule has 0 atom stereocenters.